The van der Waals surface area contributed by atoms with Crippen molar-refractivity contribution < 1.29 is 8.42 Å². The molecule has 0 atom stereocenters. The molecule has 150 valence electrons. The first-order valence-electron chi connectivity index (χ1n) is 10.3. The largest absolute Gasteiger partial charge is 0.243 e. The smallest absolute Gasteiger partial charge is 0.207 e. The number of sulfonamides is 1. The maximum atomic E-state index is 13.1. The van der Waals surface area contributed by atoms with Gasteiger partial charge in [-0.1, -0.05) is 85.3 Å². The molecule has 0 aliphatic heterocycles. The molecular formula is C22H39NO2S. The molecule has 0 unspecified atom stereocenters. The fourth-order valence-electron chi connectivity index (χ4n) is 3.06. The van der Waals surface area contributed by atoms with Crippen LogP contribution in [-0.4, -0.2) is 25.8 Å². The molecular weight excluding hydrogens is 342 g/mol. The van der Waals surface area contributed by atoms with Crippen LogP contribution >= 0.6 is 0 Å². The van der Waals surface area contributed by atoms with Gasteiger partial charge in [0.05, 0.1) is 4.90 Å². The van der Waals surface area contributed by atoms with Crippen molar-refractivity contribution >= 4 is 10.0 Å². The second-order valence-electron chi connectivity index (χ2n) is 8.30. The Balaban J connectivity index is 2.89. The Kier molecular flexibility index (Phi) is 9.88. The fraction of sp³-hybridized carbons (Fsp3) is 0.727. The van der Waals surface area contributed by atoms with Crippen molar-refractivity contribution in [2.24, 2.45) is 0 Å². The van der Waals surface area contributed by atoms with E-state index in [4.69, 9.17) is 0 Å². The monoisotopic (exact) mass is 381 g/mol. The lowest BCUT2D eigenvalue weighted by atomic mass is 9.87. The molecule has 0 aliphatic carbocycles. The Bertz CT molecular complexity index is 588. The summed E-state index contributed by atoms with van der Waals surface area (Å²) in [5, 5.41) is 0. The predicted molar refractivity (Wildman–Crippen MR) is 112 cm³/mol. The van der Waals surface area contributed by atoms with E-state index in [0.717, 1.165) is 44.1 Å². The predicted octanol–water partition coefficient (Wildman–Crippen LogP) is 6.14. The number of hydrogen-bond donors (Lipinski definition) is 0. The van der Waals surface area contributed by atoms with Crippen molar-refractivity contribution in [3.63, 3.8) is 0 Å². The lowest BCUT2D eigenvalue weighted by molar-refractivity contribution is 0.385. The minimum atomic E-state index is -3.40. The van der Waals surface area contributed by atoms with E-state index in [1.807, 2.05) is 12.1 Å². The quantitative estimate of drug-likeness (QED) is 0.408. The van der Waals surface area contributed by atoms with E-state index >= 15 is 0 Å². The van der Waals surface area contributed by atoms with E-state index < -0.39 is 10.0 Å². The summed E-state index contributed by atoms with van der Waals surface area (Å²) in [6.07, 6.45) is 8.76. The standard InChI is InChI=1S/C22H39NO2S/c1-6-8-10-12-18-23(19-13-11-9-7-2)26(24,25)21-16-14-20(15-17-21)22(3,4)5/h14-17H,6-13,18-19H2,1-5H3. The summed E-state index contributed by atoms with van der Waals surface area (Å²) >= 11 is 0. The topological polar surface area (TPSA) is 37.4 Å². The highest BCUT2D eigenvalue weighted by Gasteiger charge is 2.24. The summed E-state index contributed by atoms with van der Waals surface area (Å²) in [6, 6.07) is 7.47. The molecule has 1 aromatic rings. The third-order valence-electron chi connectivity index (χ3n) is 4.88. The second-order valence-corrected chi connectivity index (χ2v) is 10.2. The van der Waals surface area contributed by atoms with Crippen molar-refractivity contribution in [2.45, 2.75) is 96.3 Å². The molecule has 0 saturated carbocycles. The Hall–Kier alpha value is -0.870. The normalized spacial score (nSPS) is 12.7. The zero-order chi connectivity index (χ0) is 19.6. The maximum absolute atomic E-state index is 13.1. The molecule has 0 fully saturated rings. The van der Waals surface area contributed by atoms with E-state index in [9.17, 15) is 8.42 Å². The lowest BCUT2D eigenvalue weighted by Gasteiger charge is -2.23. The summed E-state index contributed by atoms with van der Waals surface area (Å²) in [6.45, 7) is 12.1. The maximum Gasteiger partial charge on any atom is 0.243 e. The summed E-state index contributed by atoms with van der Waals surface area (Å²) in [7, 11) is -3.40. The number of benzene rings is 1. The van der Waals surface area contributed by atoms with Crippen molar-refractivity contribution in [1.29, 1.82) is 0 Å². The van der Waals surface area contributed by atoms with Crippen LogP contribution in [0.15, 0.2) is 29.2 Å². The lowest BCUT2D eigenvalue weighted by Crippen LogP contribution is -2.33. The Morgan fingerprint density at radius 3 is 1.62 bits per heavy atom. The van der Waals surface area contributed by atoms with E-state index in [0.29, 0.717) is 18.0 Å². The SMILES string of the molecule is CCCCCCN(CCCCCC)S(=O)(=O)c1ccc(C(C)(C)C)cc1. The van der Waals surface area contributed by atoms with Crippen LogP contribution in [0.4, 0.5) is 0 Å². The highest BCUT2D eigenvalue weighted by Crippen LogP contribution is 2.25. The van der Waals surface area contributed by atoms with Gasteiger partial charge in [0.25, 0.3) is 0 Å². The summed E-state index contributed by atoms with van der Waals surface area (Å²) in [4.78, 5) is 0.427. The molecule has 0 N–H and O–H groups in total. The molecule has 0 amide bonds. The Morgan fingerprint density at radius 1 is 0.769 bits per heavy atom. The van der Waals surface area contributed by atoms with Crippen LogP contribution in [0.1, 0.15) is 91.5 Å². The number of rotatable bonds is 12. The van der Waals surface area contributed by atoms with Crippen LogP contribution in [-0.2, 0) is 15.4 Å². The van der Waals surface area contributed by atoms with Gasteiger partial charge in [-0.2, -0.15) is 4.31 Å². The Morgan fingerprint density at radius 2 is 1.23 bits per heavy atom. The molecule has 0 heterocycles. The average Bonchev–Trinajstić information content (AvgIpc) is 2.59. The zero-order valence-corrected chi connectivity index (χ0v) is 18.4. The first-order valence-corrected chi connectivity index (χ1v) is 11.8. The molecule has 0 radical (unpaired) electrons. The molecule has 3 nitrogen and oxygen atoms in total. The third-order valence-corrected chi connectivity index (χ3v) is 6.79. The molecule has 4 heteroatoms. The molecule has 0 saturated heterocycles. The first-order chi connectivity index (χ1) is 12.2. The Labute approximate surface area is 162 Å². The van der Waals surface area contributed by atoms with Crippen LogP contribution in [0.3, 0.4) is 0 Å². The molecule has 26 heavy (non-hydrogen) atoms. The van der Waals surface area contributed by atoms with Gasteiger partial charge < -0.3 is 0 Å². The van der Waals surface area contributed by atoms with Crippen molar-refractivity contribution in [3.05, 3.63) is 29.8 Å². The van der Waals surface area contributed by atoms with E-state index in [1.54, 1.807) is 16.4 Å². The van der Waals surface area contributed by atoms with Crippen molar-refractivity contribution in [3.8, 4) is 0 Å². The summed E-state index contributed by atoms with van der Waals surface area (Å²) < 4.78 is 28.0. The highest BCUT2D eigenvalue weighted by atomic mass is 32.2. The highest BCUT2D eigenvalue weighted by molar-refractivity contribution is 7.89. The van der Waals surface area contributed by atoms with E-state index in [1.165, 1.54) is 12.8 Å². The molecule has 0 spiro atoms. The number of unbranched alkanes of at least 4 members (excludes halogenated alkanes) is 6. The van der Waals surface area contributed by atoms with Gasteiger partial charge in [0, 0.05) is 13.1 Å². The van der Waals surface area contributed by atoms with Crippen LogP contribution < -0.4 is 0 Å². The minimum Gasteiger partial charge on any atom is -0.207 e. The summed E-state index contributed by atoms with van der Waals surface area (Å²) in [5.41, 5.74) is 1.19. The average molecular weight is 382 g/mol. The van der Waals surface area contributed by atoms with Gasteiger partial charge in [-0.3, -0.25) is 0 Å². The van der Waals surface area contributed by atoms with Crippen LogP contribution in [0.25, 0.3) is 0 Å². The van der Waals surface area contributed by atoms with Gasteiger partial charge in [-0.05, 0) is 36.0 Å². The van der Waals surface area contributed by atoms with Gasteiger partial charge in [-0.15, -0.1) is 0 Å². The van der Waals surface area contributed by atoms with E-state index in [-0.39, 0.29) is 5.41 Å². The molecule has 1 aromatic carbocycles. The second kappa shape index (κ2) is 11.1. The molecule has 1 rings (SSSR count). The first kappa shape index (κ1) is 23.2. The molecule has 0 bridgehead atoms. The summed E-state index contributed by atoms with van der Waals surface area (Å²) in [5.74, 6) is 0. The fourth-order valence-corrected chi connectivity index (χ4v) is 4.58. The van der Waals surface area contributed by atoms with Crippen LogP contribution in [0.5, 0.6) is 0 Å². The van der Waals surface area contributed by atoms with Gasteiger partial charge in [0.15, 0.2) is 0 Å². The van der Waals surface area contributed by atoms with Gasteiger partial charge in [0.2, 0.25) is 10.0 Å². The minimum absolute atomic E-state index is 0.0300. The van der Waals surface area contributed by atoms with Gasteiger partial charge in [0.1, 0.15) is 0 Å². The molecule has 0 aromatic heterocycles. The van der Waals surface area contributed by atoms with E-state index in [2.05, 4.69) is 34.6 Å². The number of nitrogens with zero attached hydrogens (tertiary/aromatic N) is 1. The van der Waals surface area contributed by atoms with Gasteiger partial charge >= 0.3 is 0 Å². The molecule has 0 aliphatic rings. The van der Waals surface area contributed by atoms with Gasteiger partial charge in [-0.25, -0.2) is 8.42 Å². The number of hydrogen-bond acceptors (Lipinski definition) is 2. The van der Waals surface area contributed by atoms with Crippen molar-refractivity contribution in [1.82, 2.24) is 4.31 Å². The van der Waals surface area contributed by atoms with Crippen LogP contribution in [0.2, 0.25) is 0 Å². The third kappa shape index (κ3) is 7.40. The zero-order valence-electron chi connectivity index (χ0n) is 17.6. The van der Waals surface area contributed by atoms with Crippen LogP contribution in [0, 0.1) is 0 Å². The van der Waals surface area contributed by atoms with Crippen molar-refractivity contribution in [2.75, 3.05) is 13.1 Å².